The van der Waals surface area contributed by atoms with E-state index in [1.54, 1.807) is 48.2 Å². The molecule has 1 heterocycles. The lowest BCUT2D eigenvalue weighted by molar-refractivity contribution is -0.142. The normalized spacial score (nSPS) is 17.2. The Morgan fingerprint density at radius 1 is 1.31 bits per heavy atom. The van der Waals surface area contributed by atoms with Crippen molar-refractivity contribution >= 4 is 11.9 Å². The predicted molar refractivity (Wildman–Crippen MR) is 94.6 cm³/mol. The van der Waals surface area contributed by atoms with Crippen LogP contribution < -0.4 is 9.47 Å². The van der Waals surface area contributed by atoms with Crippen molar-refractivity contribution in [1.82, 2.24) is 9.80 Å². The molecule has 8 heteroatoms. The number of hydrogen-bond acceptors (Lipinski definition) is 6. The number of carboxylic acids is 1. The number of carbonyl (C=O) groups is 2. The van der Waals surface area contributed by atoms with Crippen molar-refractivity contribution < 1.29 is 28.9 Å². The molecule has 1 aliphatic rings. The van der Waals surface area contributed by atoms with Crippen LogP contribution in [0.4, 0.5) is 0 Å². The number of nitrogens with zero attached hydrogens (tertiary/aromatic N) is 2. The molecule has 0 bridgehead atoms. The molecule has 1 N–H and O–H groups in total. The number of carbonyl (C=O) groups excluding carboxylic acids is 1. The first-order valence-corrected chi connectivity index (χ1v) is 8.54. The van der Waals surface area contributed by atoms with Gasteiger partial charge in [-0.1, -0.05) is 0 Å². The highest BCUT2D eigenvalue weighted by Crippen LogP contribution is 2.17. The molecule has 1 saturated heterocycles. The van der Waals surface area contributed by atoms with Crippen LogP contribution in [0.3, 0.4) is 0 Å². The maximum absolute atomic E-state index is 12.4. The molecule has 0 spiro atoms. The summed E-state index contributed by atoms with van der Waals surface area (Å²) in [6.45, 7) is 2.18. The highest BCUT2D eigenvalue weighted by molar-refractivity contribution is 5.76. The van der Waals surface area contributed by atoms with Crippen LogP contribution in [0.2, 0.25) is 0 Å². The van der Waals surface area contributed by atoms with Gasteiger partial charge in [0.1, 0.15) is 11.5 Å². The zero-order chi connectivity index (χ0) is 18.9. The van der Waals surface area contributed by atoms with Crippen molar-refractivity contribution in [2.75, 3.05) is 53.6 Å². The molecule has 8 nitrogen and oxygen atoms in total. The zero-order valence-corrected chi connectivity index (χ0v) is 15.2. The van der Waals surface area contributed by atoms with Gasteiger partial charge in [-0.25, -0.2) is 0 Å². The molecular weight excluding hydrogens is 340 g/mol. The zero-order valence-electron chi connectivity index (χ0n) is 15.2. The van der Waals surface area contributed by atoms with Crippen LogP contribution in [0.1, 0.15) is 6.42 Å². The quantitative estimate of drug-likeness (QED) is 0.688. The summed E-state index contributed by atoms with van der Waals surface area (Å²) < 4.78 is 16.3. The summed E-state index contributed by atoms with van der Waals surface area (Å²) in [6, 6.07) is 7.20. The van der Waals surface area contributed by atoms with Gasteiger partial charge in [-0.05, 0) is 31.3 Å². The molecule has 2 rings (SSSR count). The van der Waals surface area contributed by atoms with E-state index in [0.29, 0.717) is 38.6 Å². The first-order valence-electron chi connectivity index (χ1n) is 8.54. The molecule has 1 amide bonds. The van der Waals surface area contributed by atoms with Gasteiger partial charge in [0, 0.05) is 19.6 Å². The summed E-state index contributed by atoms with van der Waals surface area (Å²) >= 11 is 0. The standard InChI is InChI=1S/C18H26N2O6/c1-19(13-18(22)23)11-16-12-20(8-10-26-16)17(21)7-9-25-15-5-3-14(24-2)4-6-15/h3-6,16H,7-13H2,1-2H3,(H,22,23). The molecule has 1 fully saturated rings. The summed E-state index contributed by atoms with van der Waals surface area (Å²) in [5.41, 5.74) is 0. The number of likely N-dealkylation sites (N-methyl/N-ethyl adjacent to an activating group) is 1. The van der Waals surface area contributed by atoms with Crippen molar-refractivity contribution in [2.24, 2.45) is 0 Å². The van der Waals surface area contributed by atoms with E-state index in [-0.39, 0.29) is 25.0 Å². The van der Waals surface area contributed by atoms with Crippen LogP contribution in [0, 0.1) is 0 Å². The van der Waals surface area contributed by atoms with E-state index in [2.05, 4.69) is 0 Å². The lowest BCUT2D eigenvalue weighted by Gasteiger charge is -2.34. The molecular formula is C18H26N2O6. The van der Waals surface area contributed by atoms with Crippen molar-refractivity contribution in [1.29, 1.82) is 0 Å². The van der Waals surface area contributed by atoms with E-state index >= 15 is 0 Å². The Kier molecular flexibility index (Phi) is 7.68. The third-order valence-electron chi connectivity index (χ3n) is 4.06. The summed E-state index contributed by atoms with van der Waals surface area (Å²) in [4.78, 5) is 26.5. The molecule has 0 aliphatic carbocycles. The van der Waals surface area contributed by atoms with Crippen molar-refractivity contribution in [3.63, 3.8) is 0 Å². The fourth-order valence-corrected chi connectivity index (χ4v) is 2.79. The summed E-state index contributed by atoms with van der Waals surface area (Å²) in [5.74, 6) is 0.564. The maximum atomic E-state index is 12.4. The van der Waals surface area contributed by atoms with Gasteiger partial charge in [-0.3, -0.25) is 14.5 Å². The summed E-state index contributed by atoms with van der Waals surface area (Å²) in [5, 5.41) is 8.81. The van der Waals surface area contributed by atoms with Crippen LogP contribution in [0.15, 0.2) is 24.3 Å². The predicted octanol–water partition coefficient (Wildman–Crippen LogP) is 0.708. The highest BCUT2D eigenvalue weighted by Gasteiger charge is 2.25. The SMILES string of the molecule is COc1ccc(OCCC(=O)N2CCOC(CN(C)CC(=O)O)C2)cc1. The Hall–Kier alpha value is -2.32. The minimum Gasteiger partial charge on any atom is -0.497 e. The average molecular weight is 366 g/mol. The average Bonchev–Trinajstić information content (AvgIpc) is 2.61. The van der Waals surface area contributed by atoms with E-state index in [0.717, 1.165) is 5.75 Å². The Labute approximate surface area is 153 Å². The smallest absolute Gasteiger partial charge is 0.317 e. The third kappa shape index (κ3) is 6.53. The molecule has 1 atom stereocenters. The fourth-order valence-electron chi connectivity index (χ4n) is 2.79. The number of methoxy groups -OCH3 is 1. The summed E-state index contributed by atoms with van der Waals surface area (Å²) in [7, 11) is 3.32. The number of ether oxygens (including phenoxy) is 3. The Morgan fingerprint density at radius 3 is 2.65 bits per heavy atom. The van der Waals surface area contributed by atoms with Gasteiger partial charge in [0.15, 0.2) is 0 Å². The van der Waals surface area contributed by atoms with E-state index in [1.165, 1.54) is 0 Å². The molecule has 0 radical (unpaired) electrons. The number of rotatable bonds is 9. The fraction of sp³-hybridized carbons (Fsp3) is 0.556. The Morgan fingerprint density at radius 2 is 2.00 bits per heavy atom. The van der Waals surface area contributed by atoms with Crippen LogP contribution in [0.25, 0.3) is 0 Å². The van der Waals surface area contributed by atoms with Gasteiger partial charge in [0.2, 0.25) is 5.91 Å². The summed E-state index contributed by atoms with van der Waals surface area (Å²) in [6.07, 6.45) is 0.100. The van der Waals surface area contributed by atoms with Gasteiger partial charge in [-0.2, -0.15) is 0 Å². The minimum atomic E-state index is -0.882. The van der Waals surface area contributed by atoms with Gasteiger partial charge in [-0.15, -0.1) is 0 Å². The number of carboxylic acid groups (broad SMARTS) is 1. The lowest BCUT2D eigenvalue weighted by Crippen LogP contribution is -2.49. The molecule has 0 saturated carbocycles. The first kappa shape index (κ1) is 20.0. The molecule has 1 unspecified atom stereocenters. The minimum absolute atomic E-state index is 0.00713. The number of benzene rings is 1. The molecule has 1 aliphatic heterocycles. The van der Waals surface area contributed by atoms with Gasteiger partial charge >= 0.3 is 5.97 Å². The van der Waals surface area contributed by atoms with Crippen LogP contribution in [-0.4, -0.2) is 86.4 Å². The van der Waals surface area contributed by atoms with E-state index in [4.69, 9.17) is 19.3 Å². The monoisotopic (exact) mass is 366 g/mol. The van der Waals surface area contributed by atoms with E-state index < -0.39 is 5.97 Å². The largest absolute Gasteiger partial charge is 0.497 e. The Bertz CT molecular complexity index is 592. The van der Waals surface area contributed by atoms with Crippen molar-refractivity contribution in [3.8, 4) is 11.5 Å². The third-order valence-corrected chi connectivity index (χ3v) is 4.06. The number of hydrogen-bond donors (Lipinski definition) is 1. The second-order valence-corrected chi connectivity index (χ2v) is 6.20. The lowest BCUT2D eigenvalue weighted by atomic mass is 10.2. The highest BCUT2D eigenvalue weighted by atomic mass is 16.5. The first-order chi connectivity index (χ1) is 12.5. The molecule has 1 aromatic rings. The maximum Gasteiger partial charge on any atom is 0.317 e. The van der Waals surface area contributed by atoms with Gasteiger partial charge < -0.3 is 24.2 Å². The van der Waals surface area contributed by atoms with Crippen LogP contribution >= 0.6 is 0 Å². The molecule has 144 valence electrons. The number of aliphatic carboxylic acids is 1. The van der Waals surface area contributed by atoms with E-state index in [1.807, 2.05) is 0 Å². The molecule has 26 heavy (non-hydrogen) atoms. The molecule has 1 aromatic carbocycles. The number of morpholine rings is 1. The van der Waals surface area contributed by atoms with Gasteiger partial charge in [0.05, 0.1) is 39.4 Å². The Balaban J connectivity index is 1.73. The number of amides is 1. The van der Waals surface area contributed by atoms with Crippen LogP contribution in [0.5, 0.6) is 11.5 Å². The second-order valence-electron chi connectivity index (χ2n) is 6.20. The van der Waals surface area contributed by atoms with Crippen LogP contribution in [-0.2, 0) is 14.3 Å². The second kappa shape index (κ2) is 9.98. The van der Waals surface area contributed by atoms with Crippen molar-refractivity contribution in [3.05, 3.63) is 24.3 Å². The van der Waals surface area contributed by atoms with Crippen molar-refractivity contribution in [2.45, 2.75) is 12.5 Å². The topological polar surface area (TPSA) is 88.5 Å². The molecule has 0 aromatic heterocycles. The van der Waals surface area contributed by atoms with Gasteiger partial charge in [0.25, 0.3) is 0 Å². The van der Waals surface area contributed by atoms with E-state index in [9.17, 15) is 9.59 Å².